The molecular formula is C43H25NS2. The van der Waals surface area contributed by atoms with Gasteiger partial charge in [0.25, 0.3) is 0 Å². The van der Waals surface area contributed by atoms with Crippen molar-refractivity contribution in [3.8, 4) is 50.6 Å². The van der Waals surface area contributed by atoms with Gasteiger partial charge in [0.15, 0.2) is 0 Å². The number of benzene rings is 7. The van der Waals surface area contributed by atoms with E-state index in [1.54, 1.807) is 0 Å². The van der Waals surface area contributed by atoms with Crippen LogP contribution in [0.5, 0.6) is 0 Å². The molecule has 0 saturated carbocycles. The average Bonchev–Trinajstić information content (AvgIpc) is 3.69. The molecule has 0 unspecified atom stereocenters. The highest BCUT2D eigenvalue weighted by atomic mass is 32.1. The molecule has 0 bridgehead atoms. The van der Waals surface area contributed by atoms with Gasteiger partial charge in [0.05, 0.1) is 11.6 Å². The summed E-state index contributed by atoms with van der Waals surface area (Å²) in [6.07, 6.45) is 0. The van der Waals surface area contributed by atoms with E-state index < -0.39 is 0 Å². The first kappa shape index (κ1) is 26.8. The Morgan fingerprint density at radius 3 is 1.74 bits per heavy atom. The van der Waals surface area contributed by atoms with E-state index in [1.807, 2.05) is 40.9 Å². The molecule has 0 saturated heterocycles. The second-order valence-corrected chi connectivity index (χ2v) is 13.7. The first-order valence-corrected chi connectivity index (χ1v) is 17.0. The van der Waals surface area contributed by atoms with Crippen molar-refractivity contribution in [2.75, 3.05) is 0 Å². The van der Waals surface area contributed by atoms with E-state index in [9.17, 15) is 5.26 Å². The Morgan fingerprint density at radius 2 is 0.913 bits per heavy atom. The molecule has 1 nitrogen and oxygen atoms in total. The van der Waals surface area contributed by atoms with E-state index in [0.717, 1.165) is 22.3 Å². The van der Waals surface area contributed by atoms with Crippen LogP contribution in [0.25, 0.3) is 84.9 Å². The molecule has 0 spiro atoms. The summed E-state index contributed by atoms with van der Waals surface area (Å²) in [5, 5.41) is 15.2. The van der Waals surface area contributed by atoms with Crippen molar-refractivity contribution in [1.29, 1.82) is 5.26 Å². The van der Waals surface area contributed by atoms with E-state index in [1.165, 1.54) is 62.6 Å². The Labute approximate surface area is 274 Å². The standard InChI is InChI=1S/C43H25NS2/c44-26-29-10-1-2-11-30(29)31-12-3-4-13-32(31)38-24-27(28-21-23-35-34-14-5-7-17-39(34)46-42(35)25-28)20-22-33(38)36-16-9-19-41-43(36)37-15-6-8-18-40(37)45-41/h1-25H. The summed E-state index contributed by atoms with van der Waals surface area (Å²) in [5.74, 6) is 0. The number of hydrogen-bond acceptors (Lipinski definition) is 3. The molecule has 214 valence electrons. The molecular weight excluding hydrogens is 595 g/mol. The van der Waals surface area contributed by atoms with Gasteiger partial charge in [-0.15, -0.1) is 22.7 Å². The van der Waals surface area contributed by atoms with Gasteiger partial charge >= 0.3 is 0 Å². The molecule has 0 aliphatic carbocycles. The molecule has 0 aliphatic rings. The predicted octanol–water partition coefficient (Wildman–Crippen LogP) is 13.0. The Bertz CT molecular complexity index is 2670. The monoisotopic (exact) mass is 619 g/mol. The summed E-state index contributed by atoms with van der Waals surface area (Å²) in [4.78, 5) is 0. The van der Waals surface area contributed by atoms with Crippen molar-refractivity contribution < 1.29 is 0 Å². The lowest BCUT2D eigenvalue weighted by atomic mass is 9.85. The average molecular weight is 620 g/mol. The van der Waals surface area contributed by atoms with Crippen molar-refractivity contribution in [3.63, 3.8) is 0 Å². The lowest BCUT2D eigenvalue weighted by Crippen LogP contribution is -1.92. The quantitative estimate of drug-likeness (QED) is 0.192. The van der Waals surface area contributed by atoms with Gasteiger partial charge in [0.1, 0.15) is 0 Å². The molecule has 2 aromatic heterocycles. The number of nitrogens with zero attached hydrogens (tertiary/aromatic N) is 1. The molecule has 0 aliphatic heterocycles. The largest absolute Gasteiger partial charge is 0.192 e. The zero-order chi connectivity index (χ0) is 30.6. The summed E-state index contributed by atoms with van der Waals surface area (Å²) in [6.45, 7) is 0. The number of fused-ring (bicyclic) bond motifs is 6. The maximum absolute atomic E-state index is 10.1. The second kappa shape index (κ2) is 10.8. The maximum atomic E-state index is 10.1. The molecule has 0 N–H and O–H groups in total. The maximum Gasteiger partial charge on any atom is 0.0998 e. The molecule has 0 fully saturated rings. The molecule has 0 atom stereocenters. The van der Waals surface area contributed by atoms with Gasteiger partial charge in [0.2, 0.25) is 0 Å². The first-order chi connectivity index (χ1) is 22.8. The Hall–Kier alpha value is -5.53. The van der Waals surface area contributed by atoms with Crippen LogP contribution in [0.15, 0.2) is 152 Å². The third-order valence-electron chi connectivity index (χ3n) is 8.98. The minimum absolute atomic E-state index is 0.675. The van der Waals surface area contributed by atoms with Crippen molar-refractivity contribution in [1.82, 2.24) is 0 Å². The Morgan fingerprint density at radius 1 is 0.370 bits per heavy atom. The van der Waals surface area contributed by atoms with Crippen LogP contribution in [0.2, 0.25) is 0 Å². The summed E-state index contributed by atoms with van der Waals surface area (Å²) in [7, 11) is 0. The summed E-state index contributed by atoms with van der Waals surface area (Å²) in [5.41, 5.74) is 9.71. The first-order valence-electron chi connectivity index (χ1n) is 15.3. The number of thiophene rings is 2. The molecule has 46 heavy (non-hydrogen) atoms. The van der Waals surface area contributed by atoms with Crippen LogP contribution >= 0.6 is 22.7 Å². The fourth-order valence-corrected chi connectivity index (χ4v) is 9.13. The SMILES string of the molecule is N#Cc1ccccc1-c1ccccc1-c1cc(-c2ccc3c(c2)sc2ccccc23)ccc1-c1cccc2sc3ccccc3c12. The number of hydrogen-bond donors (Lipinski definition) is 0. The summed E-state index contributed by atoms with van der Waals surface area (Å²) >= 11 is 3.69. The normalized spacial score (nSPS) is 11.5. The lowest BCUT2D eigenvalue weighted by molar-refractivity contribution is 1.47. The molecule has 9 aromatic rings. The van der Waals surface area contributed by atoms with Crippen LogP contribution in [0.3, 0.4) is 0 Å². The fourth-order valence-electron chi connectivity index (χ4n) is 6.85. The molecule has 0 radical (unpaired) electrons. The van der Waals surface area contributed by atoms with Gasteiger partial charge < -0.3 is 0 Å². The number of rotatable bonds is 4. The van der Waals surface area contributed by atoms with Crippen LogP contribution in [0.1, 0.15) is 5.56 Å². The van der Waals surface area contributed by atoms with Crippen molar-refractivity contribution in [2.45, 2.75) is 0 Å². The lowest BCUT2D eigenvalue weighted by Gasteiger charge is -2.18. The van der Waals surface area contributed by atoms with E-state index in [4.69, 9.17) is 0 Å². The topological polar surface area (TPSA) is 23.8 Å². The van der Waals surface area contributed by atoms with Crippen LogP contribution < -0.4 is 0 Å². The Balaban J connectivity index is 1.33. The van der Waals surface area contributed by atoms with Crippen LogP contribution in [-0.2, 0) is 0 Å². The molecule has 7 aromatic carbocycles. The molecule has 0 amide bonds. The van der Waals surface area contributed by atoms with Gasteiger partial charge in [-0.3, -0.25) is 0 Å². The second-order valence-electron chi connectivity index (χ2n) is 11.5. The summed E-state index contributed by atoms with van der Waals surface area (Å²) in [6, 6.07) is 56.7. The highest BCUT2D eigenvalue weighted by Crippen LogP contribution is 2.46. The van der Waals surface area contributed by atoms with E-state index >= 15 is 0 Å². The van der Waals surface area contributed by atoms with Gasteiger partial charge in [0, 0.05) is 45.9 Å². The van der Waals surface area contributed by atoms with Crippen LogP contribution in [-0.4, -0.2) is 0 Å². The molecule has 3 heteroatoms. The highest BCUT2D eigenvalue weighted by molar-refractivity contribution is 7.26. The van der Waals surface area contributed by atoms with Gasteiger partial charge in [-0.25, -0.2) is 0 Å². The van der Waals surface area contributed by atoms with Gasteiger partial charge in [-0.2, -0.15) is 5.26 Å². The van der Waals surface area contributed by atoms with Crippen molar-refractivity contribution >= 4 is 63.0 Å². The summed E-state index contributed by atoms with van der Waals surface area (Å²) < 4.78 is 5.18. The zero-order valence-corrected chi connectivity index (χ0v) is 26.3. The third kappa shape index (κ3) is 4.27. The molecule has 2 heterocycles. The smallest absolute Gasteiger partial charge is 0.0998 e. The van der Waals surface area contributed by atoms with E-state index in [-0.39, 0.29) is 0 Å². The van der Waals surface area contributed by atoms with Gasteiger partial charge in [-0.1, -0.05) is 115 Å². The Kier molecular flexibility index (Phi) is 6.31. The zero-order valence-electron chi connectivity index (χ0n) is 24.7. The predicted molar refractivity (Wildman–Crippen MR) is 199 cm³/mol. The van der Waals surface area contributed by atoms with Crippen LogP contribution in [0, 0.1) is 11.3 Å². The van der Waals surface area contributed by atoms with Crippen molar-refractivity contribution in [2.24, 2.45) is 0 Å². The minimum Gasteiger partial charge on any atom is -0.192 e. The highest BCUT2D eigenvalue weighted by Gasteiger charge is 2.19. The van der Waals surface area contributed by atoms with Gasteiger partial charge in [-0.05, 0) is 75.3 Å². The van der Waals surface area contributed by atoms with Crippen molar-refractivity contribution in [3.05, 3.63) is 157 Å². The van der Waals surface area contributed by atoms with E-state index in [2.05, 4.69) is 140 Å². The molecule has 9 rings (SSSR count). The van der Waals surface area contributed by atoms with E-state index in [0.29, 0.717) is 5.56 Å². The minimum atomic E-state index is 0.675. The van der Waals surface area contributed by atoms with Crippen LogP contribution in [0.4, 0.5) is 0 Å². The number of nitriles is 1. The fraction of sp³-hybridized carbons (Fsp3) is 0. The third-order valence-corrected chi connectivity index (χ3v) is 11.2.